The first kappa shape index (κ1) is 18.9. The quantitative estimate of drug-likeness (QED) is 0.780. The molecule has 3 heterocycles. The lowest BCUT2D eigenvalue weighted by atomic mass is 10.2. The topological polar surface area (TPSA) is 70.2 Å². The Kier molecular flexibility index (Phi) is 6.71. The van der Waals surface area contributed by atoms with Gasteiger partial charge in [0.15, 0.2) is 5.82 Å². The van der Waals surface area contributed by atoms with Crippen molar-refractivity contribution in [2.75, 3.05) is 33.8 Å². The van der Waals surface area contributed by atoms with Gasteiger partial charge in [0.05, 0.1) is 12.3 Å². The molecule has 2 aromatic rings. The zero-order chi connectivity index (χ0) is 18.4. The summed E-state index contributed by atoms with van der Waals surface area (Å²) in [5, 5.41) is 0. The molecule has 1 aliphatic heterocycles. The maximum absolute atomic E-state index is 5.94. The summed E-state index contributed by atoms with van der Waals surface area (Å²) in [6, 6.07) is 1.96. The third kappa shape index (κ3) is 5.33. The molecule has 0 unspecified atom stereocenters. The van der Waals surface area contributed by atoms with Crippen LogP contribution in [0.25, 0.3) is 0 Å². The summed E-state index contributed by atoms with van der Waals surface area (Å²) in [4.78, 5) is 21.6. The molecule has 1 saturated heterocycles. The number of ether oxygens (including phenoxy) is 1. The van der Waals surface area contributed by atoms with E-state index in [0.29, 0.717) is 6.61 Å². The van der Waals surface area contributed by atoms with Crippen LogP contribution in [-0.4, -0.2) is 63.5 Å². The molecule has 1 N–H and O–H groups in total. The highest BCUT2D eigenvalue weighted by molar-refractivity contribution is 5.06. The van der Waals surface area contributed by atoms with E-state index in [1.165, 1.54) is 18.5 Å². The SMILES string of the molecule is CCCCc1ncc(CN2CCO[C@H](c3nccc(CN(C)C)n3)C2)[nH]1. The minimum atomic E-state index is -0.0756. The molecule has 0 radical (unpaired) electrons. The summed E-state index contributed by atoms with van der Waals surface area (Å²) in [6.07, 6.45) is 7.10. The van der Waals surface area contributed by atoms with Crippen LogP contribution < -0.4 is 0 Å². The van der Waals surface area contributed by atoms with Crippen LogP contribution in [0, 0.1) is 0 Å². The minimum Gasteiger partial charge on any atom is -0.368 e. The largest absolute Gasteiger partial charge is 0.368 e. The van der Waals surface area contributed by atoms with Crippen LogP contribution in [0.4, 0.5) is 0 Å². The van der Waals surface area contributed by atoms with Gasteiger partial charge in [-0.25, -0.2) is 15.0 Å². The van der Waals surface area contributed by atoms with Crippen LogP contribution in [0.1, 0.15) is 48.9 Å². The van der Waals surface area contributed by atoms with Crippen LogP contribution in [0.3, 0.4) is 0 Å². The summed E-state index contributed by atoms with van der Waals surface area (Å²) in [5.74, 6) is 1.87. The second-order valence-corrected chi connectivity index (χ2v) is 7.20. The molecule has 7 nitrogen and oxygen atoms in total. The summed E-state index contributed by atoms with van der Waals surface area (Å²) in [7, 11) is 4.08. The molecule has 1 fully saturated rings. The molecule has 1 aliphatic rings. The van der Waals surface area contributed by atoms with Crippen molar-refractivity contribution in [2.24, 2.45) is 0 Å². The fraction of sp³-hybridized carbons (Fsp3) is 0.632. The van der Waals surface area contributed by atoms with Gasteiger partial charge in [0.1, 0.15) is 11.9 Å². The lowest BCUT2D eigenvalue weighted by molar-refractivity contribution is -0.0376. The molecule has 0 aromatic carbocycles. The monoisotopic (exact) mass is 358 g/mol. The Labute approximate surface area is 155 Å². The van der Waals surface area contributed by atoms with E-state index in [4.69, 9.17) is 9.72 Å². The van der Waals surface area contributed by atoms with Gasteiger partial charge < -0.3 is 14.6 Å². The van der Waals surface area contributed by atoms with Crippen LogP contribution in [0.2, 0.25) is 0 Å². The average molecular weight is 358 g/mol. The van der Waals surface area contributed by atoms with Crippen molar-refractivity contribution in [3.63, 3.8) is 0 Å². The van der Waals surface area contributed by atoms with Gasteiger partial charge in [-0.2, -0.15) is 0 Å². The lowest BCUT2D eigenvalue weighted by Crippen LogP contribution is -2.38. The normalized spacial score (nSPS) is 18.5. The van der Waals surface area contributed by atoms with Crippen molar-refractivity contribution in [2.45, 2.75) is 45.4 Å². The van der Waals surface area contributed by atoms with Gasteiger partial charge in [0.2, 0.25) is 0 Å². The molecular weight excluding hydrogens is 328 g/mol. The molecule has 2 aromatic heterocycles. The predicted octanol–water partition coefficient (Wildman–Crippen LogP) is 2.18. The van der Waals surface area contributed by atoms with Crippen LogP contribution in [0.15, 0.2) is 18.5 Å². The molecular formula is C19H30N6O. The van der Waals surface area contributed by atoms with E-state index in [1.807, 2.05) is 32.6 Å². The first-order valence-corrected chi connectivity index (χ1v) is 9.47. The van der Waals surface area contributed by atoms with Crippen molar-refractivity contribution in [1.29, 1.82) is 0 Å². The van der Waals surface area contributed by atoms with E-state index < -0.39 is 0 Å². The first-order valence-electron chi connectivity index (χ1n) is 9.47. The van der Waals surface area contributed by atoms with Gasteiger partial charge in [-0.15, -0.1) is 0 Å². The third-order valence-corrected chi connectivity index (χ3v) is 4.49. The second kappa shape index (κ2) is 9.21. The van der Waals surface area contributed by atoms with Crippen molar-refractivity contribution >= 4 is 0 Å². The van der Waals surface area contributed by atoms with E-state index in [1.54, 1.807) is 0 Å². The van der Waals surface area contributed by atoms with Crippen molar-refractivity contribution in [3.05, 3.63) is 41.5 Å². The van der Waals surface area contributed by atoms with Gasteiger partial charge in [-0.05, 0) is 26.6 Å². The first-order chi connectivity index (χ1) is 12.6. The number of nitrogens with zero attached hydrogens (tertiary/aromatic N) is 5. The van der Waals surface area contributed by atoms with Crippen LogP contribution >= 0.6 is 0 Å². The van der Waals surface area contributed by atoms with E-state index >= 15 is 0 Å². The number of rotatable bonds is 8. The number of aromatic amines is 1. The van der Waals surface area contributed by atoms with Gasteiger partial charge in [-0.1, -0.05) is 13.3 Å². The summed E-state index contributed by atoms with van der Waals surface area (Å²) >= 11 is 0. The zero-order valence-corrected chi connectivity index (χ0v) is 16.1. The highest BCUT2D eigenvalue weighted by Crippen LogP contribution is 2.20. The number of unbranched alkanes of at least 4 members (excludes halogenated alkanes) is 1. The van der Waals surface area contributed by atoms with Gasteiger partial charge >= 0.3 is 0 Å². The van der Waals surface area contributed by atoms with Crippen molar-refractivity contribution in [1.82, 2.24) is 29.7 Å². The van der Waals surface area contributed by atoms with Crippen molar-refractivity contribution < 1.29 is 4.74 Å². The number of H-pyrrole nitrogens is 1. The van der Waals surface area contributed by atoms with Crippen LogP contribution in [-0.2, 0) is 24.2 Å². The number of hydrogen-bond donors (Lipinski definition) is 1. The van der Waals surface area contributed by atoms with E-state index in [9.17, 15) is 0 Å². The Balaban J connectivity index is 1.59. The second-order valence-electron chi connectivity index (χ2n) is 7.20. The Morgan fingerprint density at radius 2 is 2.23 bits per heavy atom. The number of nitrogens with one attached hydrogen (secondary N) is 1. The smallest absolute Gasteiger partial charge is 0.158 e. The molecule has 0 bridgehead atoms. The molecule has 3 rings (SSSR count). The molecule has 0 saturated carbocycles. The van der Waals surface area contributed by atoms with Crippen LogP contribution in [0.5, 0.6) is 0 Å². The number of imidazole rings is 1. The molecule has 1 atom stereocenters. The molecule has 0 amide bonds. The molecule has 142 valence electrons. The standard InChI is InChI=1S/C19H30N6O/c1-4-5-6-18-21-11-16(22-18)13-25-9-10-26-17(14-25)19-20-8-7-15(23-19)12-24(2)3/h7-8,11,17H,4-6,9-10,12-14H2,1-3H3,(H,21,22)/t17-/m0/s1. The van der Waals surface area contributed by atoms with Gasteiger partial charge in [-0.3, -0.25) is 4.90 Å². The maximum atomic E-state index is 5.94. The van der Waals surface area contributed by atoms with Gasteiger partial charge in [0, 0.05) is 50.7 Å². The predicted molar refractivity (Wildman–Crippen MR) is 101 cm³/mol. The fourth-order valence-electron chi connectivity index (χ4n) is 3.18. The number of morpholine rings is 1. The summed E-state index contributed by atoms with van der Waals surface area (Å²) < 4.78 is 5.94. The Hall–Kier alpha value is -1.83. The molecule has 0 aliphatic carbocycles. The van der Waals surface area contributed by atoms with Crippen molar-refractivity contribution in [3.8, 4) is 0 Å². The number of aromatic nitrogens is 4. The Bertz CT molecular complexity index is 686. The molecule has 0 spiro atoms. The third-order valence-electron chi connectivity index (χ3n) is 4.49. The molecule has 7 heteroatoms. The Morgan fingerprint density at radius 3 is 3.04 bits per heavy atom. The van der Waals surface area contributed by atoms with E-state index in [0.717, 1.165) is 49.9 Å². The highest BCUT2D eigenvalue weighted by Gasteiger charge is 2.24. The number of aryl methyl sites for hydroxylation is 1. The van der Waals surface area contributed by atoms with Gasteiger partial charge in [0.25, 0.3) is 0 Å². The highest BCUT2D eigenvalue weighted by atomic mass is 16.5. The minimum absolute atomic E-state index is 0.0756. The maximum Gasteiger partial charge on any atom is 0.158 e. The Morgan fingerprint density at radius 1 is 1.35 bits per heavy atom. The summed E-state index contributed by atoms with van der Waals surface area (Å²) in [5.41, 5.74) is 2.19. The lowest BCUT2D eigenvalue weighted by Gasteiger charge is -2.31. The average Bonchev–Trinajstić information content (AvgIpc) is 3.07. The molecule has 26 heavy (non-hydrogen) atoms. The zero-order valence-electron chi connectivity index (χ0n) is 16.1. The number of hydrogen-bond acceptors (Lipinski definition) is 6. The summed E-state index contributed by atoms with van der Waals surface area (Å²) in [6.45, 7) is 6.28. The van der Waals surface area contributed by atoms with E-state index in [-0.39, 0.29) is 6.10 Å². The van der Waals surface area contributed by atoms with E-state index in [2.05, 4.69) is 31.7 Å². The fourth-order valence-corrected chi connectivity index (χ4v) is 3.18.